The molecule has 0 saturated heterocycles. The molecule has 0 radical (unpaired) electrons. The molecule has 3 aromatic rings. The van der Waals surface area contributed by atoms with Gasteiger partial charge in [-0.1, -0.05) is 65.8 Å². The number of hydrogen-bond donors (Lipinski definition) is 1. The van der Waals surface area contributed by atoms with Gasteiger partial charge in [-0.25, -0.2) is 0 Å². The van der Waals surface area contributed by atoms with Crippen LogP contribution in [0.25, 0.3) is 0 Å². The fraction of sp³-hybridized carbons (Fsp3) is 0.308. The predicted octanol–water partition coefficient (Wildman–Crippen LogP) is 6.27. The highest BCUT2D eigenvalue weighted by Crippen LogP contribution is 2.47. The molecule has 1 aliphatic rings. The molecule has 166 valence electrons. The average molecular weight is 466 g/mol. The Hall–Kier alpha value is -2.41. The minimum absolute atomic E-state index is 0.217. The van der Waals surface area contributed by atoms with E-state index >= 15 is 0 Å². The number of carbonyl (C=O) groups is 1. The van der Waals surface area contributed by atoms with Gasteiger partial charge in [0.25, 0.3) is 0 Å². The van der Waals surface area contributed by atoms with Gasteiger partial charge in [-0.2, -0.15) is 0 Å². The zero-order chi connectivity index (χ0) is 22.3. The molecule has 6 heteroatoms. The van der Waals surface area contributed by atoms with Gasteiger partial charge >= 0.3 is 0 Å². The first-order valence-electron chi connectivity index (χ1n) is 10.9. The summed E-state index contributed by atoms with van der Waals surface area (Å²) < 4.78 is 6.74. The molecule has 0 amide bonds. The molecular weight excluding hydrogens is 438 g/mol. The molecule has 0 spiro atoms. The second kappa shape index (κ2) is 10.9. The molecule has 2 atom stereocenters. The first-order valence-corrected chi connectivity index (χ1v) is 12.7. The SMILES string of the molecule is CCOCC(C=O)c1sc(SCc2ccccc2)c2c1CC(c1ccccc1)C/C2=N\O. The molecule has 4 nitrogen and oxygen atoms in total. The number of ether oxygens (including phenoxy) is 1. The number of carbonyl (C=O) groups excluding carboxylic acids is 1. The summed E-state index contributed by atoms with van der Waals surface area (Å²) in [5, 5.41) is 13.7. The van der Waals surface area contributed by atoms with Crippen molar-refractivity contribution in [1.29, 1.82) is 0 Å². The lowest BCUT2D eigenvalue weighted by Crippen LogP contribution is -2.21. The number of aldehydes is 1. The zero-order valence-electron chi connectivity index (χ0n) is 18.1. The quantitative estimate of drug-likeness (QED) is 0.175. The van der Waals surface area contributed by atoms with E-state index in [1.54, 1.807) is 23.1 Å². The Balaban J connectivity index is 1.73. The molecular formula is C26H27NO3S2. The molecule has 0 aliphatic heterocycles. The number of hydrogen-bond acceptors (Lipinski definition) is 6. The van der Waals surface area contributed by atoms with Crippen molar-refractivity contribution in [2.45, 2.75) is 41.6 Å². The molecule has 1 aliphatic carbocycles. The third-order valence-corrected chi connectivity index (χ3v) is 8.50. The second-order valence-corrected chi connectivity index (χ2v) is 10.1. The standard InChI is InChI=1S/C26H27NO3S2/c1-2-30-16-21(15-28)25-22-13-20(19-11-7-4-8-12-19)14-23(27-29)24(22)26(32-25)31-17-18-9-5-3-6-10-18/h3-12,15,20-21,29H,2,13-14,16-17H2,1H3/b27-23+. The highest BCUT2D eigenvalue weighted by Gasteiger charge is 2.34. The van der Waals surface area contributed by atoms with Gasteiger partial charge in [0, 0.05) is 29.2 Å². The van der Waals surface area contributed by atoms with Gasteiger partial charge in [-0.05, 0) is 36.0 Å². The molecule has 4 rings (SSSR count). The van der Waals surface area contributed by atoms with E-state index in [1.807, 2.05) is 43.3 Å². The van der Waals surface area contributed by atoms with Crippen LogP contribution in [0.4, 0.5) is 0 Å². The van der Waals surface area contributed by atoms with Crippen LogP contribution in [0.3, 0.4) is 0 Å². The Morgan fingerprint density at radius 3 is 2.53 bits per heavy atom. The average Bonchev–Trinajstić information content (AvgIpc) is 3.22. The summed E-state index contributed by atoms with van der Waals surface area (Å²) in [5.41, 5.74) is 5.32. The van der Waals surface area contributed by atoms with Crippen molar-refractivity contribution in [2.24, 2.45) is 5.16 Å². The lowest BCUT2D eigenvalue weighted by atomic mass is 9.79. The summed E-state index contributed by atoms with van der Waals surface area (Å²) in [6.45, 7) is 2.88. The monoisotopic (exact) mass is 465 g/mol. The van der Waals surface area contributed by atoms with Gasteiger partial charge in [0.05, 0.1) is 22.4 Å². The molecule has 1 aromatic heterocycles. The molecule has 1 N–H and O–H groups in total. The molecule has 0 fully saturated rings. The summed E-state index contributed by atoms with van der Waals surface area (Å²) in [6.07, 6.45) is 2.50. The van der Waals surface area contributed by atoms with E-state index in [2.05, 4.69) is 29.4 Å². The van der Waals surface area contributed by atoms with Gasteiger partial charge in [-0.3, -0.25) is 0 Å². The molecule has 0 saturated carbocycles. The smallest absolute Gasteiger partial charge is 0.130 e. The van der Waals surface area contributed by atoms with Crippen molar-refractivity contribution in [1.82, 2.24) is 0 Å². The van der Waals surface area contributed by atoms with Crippen molar-refractivity contribution < 1.29 is 14.7 Å². The second-order valence-electron chi connectivity index (χ2n) is 7.85. The first-order chi connectivity index (χ1) is 15.7. The number of thiophene rings is 1. The van der Waals surface area contributed by atoms with E-state index in [1.165, 1.54) is 11.1 Å². The number of fused-ring (bicyclic) bond motifs is 1. The highest BCUT2D eigenvalue weighted by atomic mass is 32.2. The molecule has 32 heavy (non-hydrogen) atoms. The normalized spacial score (nSPS) is 17.8. The summed E-state index contributed by atoms with van der Waals surface area (Å²) in [5.74, 6) is 0.731. The maximum atomic E-state index is 12.0. The van der Waals surface area contributed by atoms with Crippen molar-refractivity contribution in [3.8, 4) is 0 Å². The van der Waals surface area contributed by atoms with Gasteiger partial charge in [0.15, 0.2) is 0 Å². The van der Waals surface area contributed by atoms with Crippen LogP contribution in [-0.2, 0) is 21.7 Å². The van der Waals surface area contributed by atoms with Crippen LogP contribution in [-0.4, -0.2) is 30.4 Å². The number of oxime groups is 1. The van der Waals surface area contributed by atoms with Crippen LogP contribution in [0.5, 0.6) is 0 Å². The molecule has 1 heterocycles. The number of nitrogens with zero attached hydrogens (tertiary/aromatic N) is 1. The lowest BCUT2D eigenvalue weighted by molar-refractivity contribution is -0.110. The van der Waals surface area contributed by atoms with E-state index in [4.69, 9.17) is 4.74 Å². The van der Waals surface area contributed by atoms with Gasteiger partial charge in [-0.15, -0.1) is 23.1 Å². The predicted molar refractivity (Wildman–Crippen MR) is 131 cm³/mol. The first kappa shape index (κ1) is 22.8. The summed E-state index contributed by atoms with van der Waals surface area (Å²) in [7, 11) is 0. The molecule has 2 unspecified atom stereocenters. The molecule has 2 aromatic carbocycles. The number of thioether (sulfide) groups is 1. The van der Waals surface area contributed by atoms with Crippen molar-refractivity contribution in [3.05, 3.63) is 87.8 Å². The third kappa shape index (κ3) is 4.98. The van der Waals surface area contributed by atoms with Crippen molar-refractivity contribution in [2.75, 3.05) is 13.2 Å². The van der Waals surface area contributed by atoms with Crippen LogP contribution in [0.2, 0.25) is 0 Å². The van der Waals surface area contributed by atoms with Crippen LogP contribution < -0.4 is 0 Å². The van der Waals surface area contributed by atoms with Crippen molar-refractivity contribution >= 4 is 35.1 Å². The third-order valence-electron chi connectivity index (χ3n) is 5.79. The summed E-state index contributed by atoms with van der Waals surface area (Å²) in [6, 6.07) is 20.7. The van der Waals surface area contributed by atoms with E-state index in [0.29, 0.717) is 25.3 Å². The Labute approximate surface area is 197 Å². The minimum Gasteiger partial charge on any atom is -0.411 e. The lowest BCUT2D eigenvalue weighted by Gasteiger charge is -2.26. The fourth-order valence-corrected chi connectivity index (χ4v) is 6.89. The van der Waals surface area contributed by atoms with Crippen LogP contribution in [0.15, 0.2) is 70.0 Å². The van der Waals surface area contributed by atoms with Crippen molar-refractivity contribution in [3.63, 3.8) is 0 Å². The van der Waals surface area contributed by atoms with E-state index in [-0.39, 0.29) is 11.8 Å². The van der Waals surface area contributed by atoms with Crippen LogP contribution in [0, 0.1) is 0 Å². The molecule has 0 bridgehead atoms. The van der Waals surface area contributed by atoms with E-state index in [9.17, 15) is 10.0 Å². The Morgan fingerprint density at radius 2 is 1.88 bits per heavy atom. The van der Waals surface area contributed by atoms with Gasteiger partial charge in [0.2, 0.25) is 0 Å². The Kier molecular flexibility index (Phi) is 7.79. The topological polar surface area (TPSA) is 58.9 Å². The van der Waals surface area contributed by atoms with Crippen LogP contribution >= 0.6 is 23.1 Å². The van der Waals surface area contributed by atoms with Crippen LogP contribution in [0.1, 0.15) is 52.3 Å². The Bertz CT molecular complexity index is 1060. The maximum Gasteiger partial charge on any atom is 0.130 e. The minimum atomic E-state index is -0.311. The van der Waals surface area contributed by atoms with E-state index in [0.717, 1.165) is 38.7 Å². The summed E-state index contributed by atoms with van der Waals surface area (Å²) in [4.78, 5) is 13.1. The number of rotatable bonds is 9. The van der Waals surface area contributed by atoms with Gasteiger partial charge < -0.3 is 14.7 Å². The van der Waals surface area contributed by atoms with E-state index < -0.39 is 0 Å². The Morgan fingerprint density at radius 1 is 1.16 bits per heavy atom. The van der Waals surface area contributed by atoms with Gasteiger partial charge in [0.1, 0.15) is 6.29 Å². The summed E-state index contributed by atoms with van der Waals surface area (Å²) >= 11 is 3.40. The maximum absolute atomic E-state index is 12.0. The highest BCUT2D eigenvalue weighted by molar-refractivity contribution is 8.00. The largest absolute Gasteiger partial charge is 0.411 e. The fourth-order valence-electron chi connectivity index (χ4n) is 4.21. The zero-order valence-corrected chi connectivity index (χ0v) is 19.7. The number of benzene rings is 2.